The standard InChI is InChI=1S/C21H17F2N3O/c22-17-6-7-19(18(23)11-17)25-21(27)15-5-8-20(24-12-15)26-10-9-14-3-1-2-4-16(14)13-26/h1-8,11-12H,9-10,13H2,(H,25,27). The van der Waals surface area contributed by atoms with E-state index in [1.54, 1.807) is 12.1 Å². The van der Waals surface area contributed by atoms with Crippen molar-refractivity contribution in [3.05, 3.63) is 89.1 Å². The summed E-state index contributed by atoms with van der Waals surface area (Å²) in [5, 5.41) is 2.43. The predicted molar refractivity (Wildman–Crippen MR) is 99.7 cm³/mol. The highest BCUT2D eigenvalue weighted by molar-refractivity contribution is 6.04. The summed E-state index contributed by atoms with van der Waals surface area (Å²) >= 11 is 0. The summed E-state index contributed by atoms with van der Waals surface area (Å²) in [7, 11) is 0. The lowest BCUT2D eigenvalue weighted by Gasteiger charge is -2.29. The van der Waals surface area contributed by atoms with Gasteiger partial charge < -0.3 is 10.2 Å². The van der Waals surface area contributed by atoms with Gasteiger partial charge in [0.15, 0.2) is 0 Å². The number of nitrogens with one attached hydrogen (secondary N) is 1. The van der Waals surface area contributed by atoms with Crippen LogP contribution in [0.4, 0.5) is 20.3 Å². The van der Waals surface area contributed by atoms with Gasteiger partial charge >= 0.3 is 0 Å². The van der Waals surface area contributed by atoms with E-state index in [0.717, 1.165) is 37.5 Å². The van der Waals surface area contributed by atoms with E-state index in [1.165, 1.54) is 23.4 Å². The van der Waals surface area contributed by atoms with Crippen LogP contribution < -0.4 is 10.2 Å². The molecule has 0 bridgehead atoms. The van der Waals surface area contributed by atoms with Crippen molar-refractivity contribution < 1.29 is 13.6 Å². The van der Waals surface area contributed by atoms with Crippen molar-refractivity contribution >= 4 is 17.4 Å². The maximum absolute atomic E-state index is 13.7. The lowest BCUT2D eigenvalue weighted by atomic mass is 10.00. The molecule has 1 aliphatic rings. The van der Waals surface area contributed by atoms with Crippen LogP contribution in [-0.2, 0) is 13.0 Å². The van der Waals surface area contributed by atoms with Gasteiger partial charge in [-0.2, -0.15) is 0 Å². The van der Waals surface area contributed by atoms with Crippen LogP contribution in [0.2, 0.25) is 0 Å². The lowest BCUT2D eigenvalue weighted by Crippen LogP contribution is -2.31. The first-order chi connectivity index (χ1) is 13.1. The number of nitrogens with zero attached hydrogens (tertiary/aromatic N) is 2. The maximum atomic E-state index is 13.7. The van der Waals surface area contributed by atoms with Gasteiger partial charge in [-0.1, -0.05) is 24.3 Å². The molecule has 6 heteroatoms. The second-order valence-electron chi connectivity index (χ2n) is 6.42. The van der Waals surface area contributed by atoms with Crippen LogP contribution in [0.3, 0.4) is 0 Å². The largest absolute Gasteiger partial charge is 0.352 e. The number of amides is 1. The fourth-order valence-electron chi connectivity index (χ4n) is 3.18. The Kier molecular flexibility index (Phi) is 4.54. The number of carbonyl (C=O) groups is 1. The summed E-state index contributed by atoms with van der Waals surface area (Å²) in [6.45, 7) is 1.63. The molecule has 4 rings (SSSR count). The molecule has 0 radical (unpaired) electrons. The molecule has 27 heavy (non-hydrogen) atoms. The van der Waals surface area contributed by atoms with Gasteiger partial charge in [0.25, 0.3) is 5.91 Å². The number of aromatic nitrogens is 1. The first kappa shape index (κ1) is 17.1. The number of halogens is 2. The van der Waals surface area contributed by atoms with E-state index in [9.17, 15) is 13.6 Å². The molecule has 1 aliphatic heterocycles. The van der Waals surface area contributed by atoms with E-state index in [4.69, 9.17) is 0 Å². The molecular weight excluding hydrogens is 348 g/mol. The molecule has 2 aromatic carbocycles. The van der Waals surface area contributed by atoms with Gasteiger partial charge in [0.05, 0.1) is 11.3 Å². The Morgan fingerprint density at radius 2 is 1.85 bits per heavy atom. The summed E-state index contributed by atoms with van der Waals surface area (Å²) < 4.78 is 26.6. The van der Waals surface area contributed by atoms with Crippen LogP contribution in [0.25, 0.3) is 0 Å². The smallest absolute Gasteiger partial charge is 0.257 e. The summed E-state index contributed by atoms with van der Waals surface area (Å²) in [5.74, 6) is -1.22. The van der Waals surface area contributed by atoms with Crippen molar-refractivity contribution in [2.75, 3.05) is 16.8 Å². The zero-order chi connectivity index (χ0) is 18.8. The van der Waals surface area contributed by atoms with E-state index >= 15 is 0 Å². The van der Waals surface area contributed by atoms with Gasteiger partial charge in [-0.25, -0.2) is 13.8 Å². The second kappa shape index (κ2) is 7.15. The summed E-state index contributed by atoms with van der Waals surface area (Å²) in [4.78, 5) is 18.8. The minimum atomic E-state index is -0.820. The molecule has 0 unspecified atom stereocenters. The van der Waals surface area contributed by atoms with Gasteiger partial charge in [-0.3, -0.25) is 4.79 Å². The first-order valence-corrected chi connectivity index (χ1v) is 8.64. The van der Waals surface area contributed by atoms with Gasteiger partial charge in [0, 0.05) is 25.4 Å². The van der Waals surface area contributed by atoms with Crippen LogP contribution in [-0.4, -0.2) is 17.4 Å². The third-order valence-electron chi connectivity index (χ3n) is 4.64. The maximum Gasteiger partial charge on any atom is 0.257 e. The highest BCUT2D eigenvalue weighted by atomic mass is 19.1. The lowest BCUT2D eigenvalue weighted by molar-refractivity contribution is 0.102. The zero-order valence-corrected chi connectivity index (χ0v) is 14.5. The molecule has 1 N–H and O–H groups in total. The van der Waals surface area contributed by atoms with Gasteiger partial charge in [-0.15, -0.1) is 0 Å². The van der Waals surface area contributed by atoms with Crippen molar-refractivity contribution in [3.8, 4) is 0 Å². The average molecular weight is 365 g/mol. The van der Waals surface area contributed by atoms with Crippen molar-refractivity contribution in [2.24, 2.45) is 0 Å². The fraction of sp³-hybridized carbons (Fsp3) is 0.143. The van der Waals surface area contributed by atoms with Crippen LogP contribution >= 0.6 is 0 Å². The molecule has 1 amide bonds. The van der Waals surface area contributed by atoms with E-state index in [-0.39, 0.29) is 5.69 Å². The molecule has 4 nitrogen and oxygen atoms in total. The molecule has 136 valence electrons. The molecule has 0 aliphatic carbocycles. The number of benzene rings is 2. The summed E-state index contributed by atoms with van der Waals surface area (Å²) in [6, 6.07) is 14.8. The Labute approximate surface area is 155 Å². The van der Waals surface area contributed by atoms with Gasteiger partial charge in [0.2, 0.25) is 0 Å². The number of rotatable bonds is 3. The number of hydrogen-bond donors (Lipinski definition) is 1. The molecule has 3 aromatic rings. The minimum Gasteiger partial charge on any atom is -0.352 e. The predicted octanol–water partition coefficient (Wildman–Crippen LogP) is 4.17. The van der Waals surface area contributed by atoms with Gasteiger partial charge in [-0.05, 0) is 41.8 Å². The Hall–Kier alpha value is -3.28. The molecule has 0 spiro atoms. The van der Waals surface area contributed by atoms with Crippen LogP contribution in [0.1, 0.15) is 21.5 Å². The Balaban J connectivity index is 1.47. The fourth-order valence-corrected chi connectivity index (χ4v) is 3.18. The SMILES string of the molecule is O=C(Nc1ccc(F)cc1F)c1ccc(N2CCc3ccccc3C2)nc1. The number of carbonyl (C=O) groups excluding carboxylic acids is 1. The topological polar surface area (TPSA) is 45.2 Å². The highest BCUT2D eigenvalue weighted by Gasteiger charge is 2.17. The monoisotopic (exact) mass is 365 g/mol. The van der Waals surface area contributed by atoms with E-state index in [2.05, 4.69) is 27.3 Å². The zero-order valence-electron chi connectivity index (χ0n) is 14.5. The quantitative estimate of drug-likeness (QED) is 0.758. The Morgan fingerprint density at radius 3 is 2.59 bits per heavy atom. The number of hydrogen-bond acceptors (Lipinski definition) is 3. The molecule has 2 heterocycles. The second-order valence-corrected chi connectivity index (χ2v) is 6.42. The molecular formula is C21H17F2N3O. The van der Waals surface area contributed by atoms with Crippen molar-refractivity contribution in [2.45, 2.75) is 13.0 Å². The number of pyridine rings is 1. The summed E-state index contributed by atoms with van der Waals surface area (Å²) in [5.41, 5.74) is 2.86. The number of fused-ring (bicyclic) bond motifs is 1. The molecule has 1 aromatic heterocycles. The van der Waals surface area contributed by atoms with Crippen LogP contribution in [0, 0.1) is 11.6 Å². The molecule has 0 fully saturated rings. The van der Waals surface area contributed by atoms with E-state index in [0.29, 0.717) is 5.56 Å². The highest BCUT2D eigenvalue weighted by Crippen LogP contribution is 2.23. The van der Waals surface area contributed by atoms with E-state index < -0.39 is 17.5 Å². The Bertz CT molecular complexity index is 989. The Morgan fingerprint density at radius 1 is 1.04 bits per heavy atom. The van der Waals surface area contributed by atoms with E-state index in [1.807, 2.05) is 12.1 Å². The third-order valence-corrected chi connectivity index (χ3v) is 4.64. The third kappa shape index (κ3) is 3.65. The average Bonchev–Trinajstić information content (AvgIpc) is 2.70. The van der Waals surface area contributed by atoms with Gasteiger partial charge in [0.1, 0.15) is 17.5 Å². The first-order valence-electron chi connectivity index (χ1n) is 8.64. The van der Waals surface area contributed by atoms with Crippen molar-refractivity contribution in [1.82, 2.24) is 4.98 Å². The van der Waals surface area contributed by atoms with Crippen molar-refractivity contribution in [1.29, 1.82) is 0 Å². The van der Waals surface area contributed by atoms with Crippen molar-refractivity contribution in [3.63, 3.8) is 0 Å². The van der Waals surface area contributed by atoms with Crippen LogP contribution in [0.15, 0.2) is 60.8 Å². The minimum absolute atomic E-state index is 0.0712. The summed E-state index contributed by atoms with van der Waals surface area (Å²) in [6.07, 6.45) is 2.41. The normalized spacial score (nSPS) is 13.2. The molecule has 0 saturated heterocycles. The number of anilines is 2. The molecule has 0 atom stereocenters. The van der Waals surface area contributed by atoms with Crippen LogP contribution in [0.5, 0.6) is 0 Å². The molecule has 0 saturated carbocycles.